The second-order valence-electron chi connectivity index (χ2n) is 8.49. The molecule has 0 spiro atoms. The molecule has 2 amide bonds. The smallest absolute Gasteiger partial charge is 0.409 e. The number of aliphatic hydroxyl groups is 2. The Kier molecular flexibility index (Phi) is 7.34. The van der Waals surface area contributed by atoms with Crippen molar-refractivity contribution in [3.63, 3.8) is 0 Å². The summed E-state index contributed by atoms with van der Waals surface area (Å²) >= 11 is 0. The van der Waals surface area contributed by atoms with Crippen molar-refractivity contribution in [2.45, 2.75) is 50.7 Å². The van der Waals surface area contributed by atoms with Gasteiger partial charge in [-0.3, -0.25) is 9.36 Å². The standard InChI is InChI=1S/C22H29N7O6/c1-3-24-20(32)17-15(30)16(31)21(35-17)29-11-25-14-18(23)26-13(27-19(14)29)6-4-5-12-7-9-28(10-8-12)22(33)34-2/h11-12,15-17,21,30-31H,3,5,7-10H2,1-2H3,(H,24,32)(H2,23,26,27)/t15-,16-,17-,21+/m0/s1. The molecule has 0 aliphatic carbocycles. The molecule has 0 aromatic carbocycles. The van der Waals surface area contributed by atoms with E-state index in [9.17, 15) is 19.8 Å². The molecular weight excluding hydrogens is 458 g/mol. The first kappa shape index (κ1) is 24.6. The predicted molar refractivity (Wildman–Crippen MR) is 123 cm³/mol. The van der Waals surface area contributed by atoms with Crippen molar-refractivity contribution >= 4 is 29.0 Å². The monoisotopic (exact) mass is 487 g/mol. The molecule has 35 heavy (non-hydrogen) atoms. The third-order valence-corrected chi connectivity index (χ3v) is 6.21. The SMILES string of the molecule is CCNC(=O)[C@H]1O[C@@H](n2cnc3c(N)nc(C#CCC4CCN(C(=O)OC)CC4)nc32)[C@@H](O)[C@@H]1O. The van der Waals surface area contributed by atoms with Crippen LogP contribution in [0.2, 0.25) is 0 Å². The molecule has 188 valence electrons. The van der Waals surface area contributed by atoms with Crippen LogP contribution < -0.4 is 11.1 Å². The van der Waals surface area contributed by atoms with E-state index in [2.05, 4.69) is 32.1 Å². The molecule has 2 aliphatic heterocycles. The summed E-state index contributed by atoms with van der Waals surface area (Å²) in [6, 6.07) is 0. The number of rotatable bonds is 4. The summed E-state index contributed by atoms with van der Waals surface area (Å²) in [6.45, 7) is 3.35. The number of piperidine rings is 1. The Morgan fingerprint density at radius 1 is 1.29 bits per heavy atom. The number of likely N-dealkylation sites (tertiary alicyclic amines) is 1. The number of ether oxygens (including phenoxy) is 2. The van der Waals surface area contributed by atoms with E-state index in [0.717, 1.165) is 12.8 Å². The number of nitrogens with zero attached hydrogens (tertiary/aromatic N) is 5. The number of carbonyl (C=O) groups is 2. The number of likely N-dealkylation sites (N-methyl/N-ethyl adjacent to an activating group) is 1. The van der Waals surface area contributed by atoms with Gasteiger partial charge in [0, 0.05) is 26.1 Å². The first-order valence-electron chi connectivity index (χ1n) is 11.4. The lowest BCUT2D eigenvalue weighted by Crippen LogP contribution is -2.42. The number of nitrogens with two attached hydrogens (primary N) is 1. The molecule has 2 fully saturated rings. The second-order valence-corrected chi connectivity index (χ2v) is 8.49. The number of methoxy groups -OCH3 is 1. The Labute approximate surface area is 201 Å². The van der Waals surface area contributed by atoms with E-state index >= 15 is 0 Å². The second kappa shape index (κ2) is 10.4. The van der Waals surface area contributed by atoms with Crippen LogP contribution in [0.4, 0.5) is 10.6 Å². The zero-order valence-corrected chi connectivity index (χ0v) is 19.5. The van der Waals surface area contributed by atoms with Gasteiger partial charge in [0.1, 0.15) is 17.7 Å². The van der Waals surface area contributed by atoms with E-state index in [4.69, 9.17) is 15.2 Å². The van der Waals surface area contributed by atoms with Crippen LogP contribution in [-0.4, -0.2) is 91.7 Å². The van der Waals surface area contributed by atoms with Crippen LogP contribution in [0, 0.1) is 17.8 Å². The maximum atomic E-state index is 12.2. The number of fused-ring (bicyclic) bond motifs is 1. The molecule has 4 heterocycles. The molecule has 0 saturated carbocycles. The summed E-state index contributed by atoms with van der Waals surface area (Å²) in [4.78, 5) is 38.3. The number of hydrogen-bond donors (Lipinski definition) is 4. The van der Waals surface area contributed by atoms with E-state index in [-0.39, 0.29) is 28.9 Å². The predicted octanol–water partition coefficient (Wildman–Crippen LogP) is -0.616. The van der Waals surface area contributed by atoms with Gasteiger partial charge < -0.3 is 35.6 Å². The lowest BCUT2D eigenvalue weighted by molar-refractivity contribution is -0.137. The molecule has 0 unspecified atom stereocenters. The van der Waals surface area contributed by atoms with Crippen molar-refractivity contribution in [1.82, 2.24) is 29.7 Å². The Hall–Kier alpha value is -3.47. The zero-order valence-electron chi connectivity index (χ0n) is 19.5. The van der Waals surface area contributed by atoms with Gasteiger partial charge in [-0.15, -0.1) is 0 Å². The van der Waals surface area contributed by atoms with Gasteiger partial charge in [0.15, 0.2) is 23.8 Å². The van der Waals surface area contributed by atoms with Crippen LogP contribution in [0.25, 0.3) is 11.2 Å². The first-order valence-corrected chi connectivity index (χ1v) is 11.4. The first-order chi connectivity index (χ1) is 16.8. The average molecular weight is 488 g/mol. The van der Waals surface area contributed by atoms with Gasteiger partial charge in [-0.05, 0) is 31.6 Å². The summed E-state index contributed by atoms with van der Waals surface area (Å²) in [7, 11) is 1.37. The number of carbonyl (C=O) groups excluding carboxylic acids is 2. The number of nitrogens with one attached hydrogen (secondary N) is 1. The fourth-order valence-electron chi connectivity index (χ4n) is 4.28. The highest BCUT2D eigenvalue weighted by atomic mass is 16.6. The fourth-order valence-corrected chi connectivity index (χ4v) is 4.28. The third-order valence-electron chi connectivity index (χ3n) is 6.21. The number of anilines is 1. The Balaban J connectivity index is 1.49. The largest absolute Gasteiger partial charge is 0.453 e. The lowest BCUT2D eigenvalue weighted by atomic mass is 9.94. The minimum atomic E-state index is -1.42. The van der Waals surface area contributed by atoms with Crippen LogP contribution in [0.3, 0.4) is 0 Å². The molecular formula is C22H29N7O6. The lowest BCUT2D eigenvalue weighted by Gasteiger charge is -2.29. The number of aromatic nitrogens is 4. The molecule has 2 aromatic rings. The summed E-state index contributed by atoms with van der Waals surface area (Å²) in [5.41, 5.74) is 6.61. The summed E-state index contributed by atoms with van der Waals surface area (Å²) in [5, 5.41) is 23.4. The number of hydrogen-bond acceptors (Lipinski definition) is 10. The van der Waals surface area contributed by atoms with Crippen LogP contribution in [0.5, 0.6) is 0 Å². The van der Waals surface area contributed by atoms with Crippen molar-refractivity contribution in [3.05, 3.63) is 12.2 Å². The van der Waals surface area contributed by atoms with Gasteiger partial charge in [0.05, 0.1) is 13.4 Å². The van der Waals surface area contributed by atoms with E-state index in [1.807, 2.05) is 0 Å². The van der Waals surface area contributed by atoms with Crippen molar-refractivity contribution in [3.8, 4) is 11.8 Å². The van der Waals surface area contributed by atoms with Gasteiger partial charge in [-0.25, -0.2) is 19.7 Å². The highest BCUT2D eigenvalue weighted by Crippen LogP contribution is 2.32. The van der Waals surface area contributed by atoms with E-state index in [1.165, 1.54) is 18.0 Å². The van der Waals surface area contributed by atoms with Gasteiger partial charge in [-0.2, -0.15) is 0 Å². The molecule has 0 bridgehead atoms. The number of nitrogen functional groups attached to an aromatic ring is 1. The number of aliphatic hydroxyl groups excluding tert-OH is 2. The molecule has 4 atom stereocenters. The third kappa shape index (κ3) is 5.00. The fraction of sp³-hybridized carbons (Fsp3) is 0.591. The van der Waals surface area contributed by atoms with E-state index in [1.54, 1.807) is 11.8 Å². The molecule has 0 radical (unpaired) electrons. The minimum absolute atomic E-state index is 0.109. The Bertz CT molecular complexity index is 1150. The Morgan fingerprint density at radius 3 is 2.71 bits per heavy atom. The minimum Gasteiger partial charge on any atom is -0.453 e. The van der Waals surface area contributed by atoms with Gasteiger partial charge in [0.25, 0.3) is 5.91 Å². The Morgan fingerprint density at radius 2 is 2.03 bits per heavy atom. The van der Waals surface area contributed by atoms with Gasteiger partial charge >= 0.3 is 6.09 Å². The van der Waals surface area contributed by atoms with E-state index < -0.39 is 30.4 Å². The highest BCUT2D eigenvalue weighted by Gasteiger charge is 2.47. The maximum absolute atomic E-state index is 12.2. The van der Waals surface area contributed by atoms with Crippen LogP contribution in [0.1, 0.15) is 38.2 Å². The summed E-state index contributed by atoms with van der Waals surface area (Å²) in [6.07, 6.45) is -1.84. The summed E-state index contributed by atoms with van der Waals surface area (Å²) in [5.74, 6) is 6.11. The van der Waals surface area contributed by atoms with Crippen molar-refractivity contribution in [2.75, 3.05) is 32.5 Å². The zero-order chi connectivity index (χ0) is 25.1. The van der Waals surface area contributed by atoms with Crippen molar-refractivity contribution in [1.29, 1.82) is 0 Å². The molecule has 4 rings (SSSR count). The topological polar surface area (TPSA) is 178 Å². The molecule has 13 nitrogen and oxygen atoms in total. The van der Waals surface area contributed by atoms with Crippen molar-refractivity contribution in [2.24, 2.45) is 5.92 Å². The normalized spacial score (nSPS) is 24.7. The average Bonchev–Trinajstić information content (AvgIpc) is 3.40. The molecule has 5 N–H and O–H groups in total. The van der Waals surface area contributed by atoms with E-state index in [0.29, 0.717) is 32.0 Å². The molecule has 2 aromatic heterocycles. The number of amides is 2. The maximum Gasteiger partial charge on any atom is 0.409 e. The highest BCUT2D eigenvalue weighted by molar-refractivity contribution is 5.83. The van der Waals surface area contributed by atoms with Crippen LogP contribution >= 0.6 is 0 Å². The van der Waals surface area contributed by atoms with Gasteiger partial charge in [0.2, 0.25) is 5.82 Å². The molecule has 2 aliphatic rings. The van der Waals surface area contributed by atoms with Crippen LogP contribution in [0.15, 0.2) is 6.33 Å². The number of imidazole rings is 1. The molecule has 2 saturated heterocycles. The molecule has 13 heteroatoms. The van der Waals surface area contributed by atoms with Gasteiger partial charge in [-0.1, -0.05) is 5.92 Å². The quantitative estimate of drug-likeness (QED) is 0.406. The van der Waals surface area contributed by atoms with Crippen molar-refractivity contribution < 1.29 is 29.3 Å². The van der Waals surface area contributed by atoms with Crippen LogP contribution in [-0.2, 0) is 14.3 Å². The summed E-state index contributed by atoms with van der Waals surface area (Å²) < 4.78 is 11.8.